The van der Waals surface area contributed by atoms with Crippen molar-refractivity contribution in [1.82, 2.24) is 5.32 Å². The molecule has 5 nitrogen and oxygen atoms in total. The first-order chi connectivity index (χ1) is 7.65. The van der Waals surface area contributed by atoms with Crippen molar-refractivity contribution >= 4 is 21.8 Å². The highest BCUT2D eigenvalue weighted by Crippen LogP contribution is 2.16. The summed E-state index contributed by atoms with van der Waals surface area (Å²) in [6, 6.07) is 1.57. The number of carbonyl (C=O) groups excluding carboxylic acids is 1. The molecule has 1 amide bonds. The molecule has 0 spiro atoms. The lowest BCUT2D eigenvalue weighted by Crippen LogP contribution is -2.28. The molecule has 0 fully saturated rings. The Bertz CT molecular complexity index is 339. The Hall–Kier alpha value is -0.850. The molecule has 0 aliphatic heterocycles. The molecule has 1 aromatic rings. The van der Waals surface area contributed by atoms with Crippen molar-refractivity contribution < 1.29 is 19.1 Å². The maximum absolute atomic E-state index is 11.6. The van der Waals surface area contributed by atoms with Gasteiger partial charge in [0.15, 0.2) is 4.67 Å². The summed E-state index contributed by atoms with van der Waals surface area (Å²) < 4.78 is 10.1. The quantitative estimate of drug-likeness (QED) is 0.825. The molecule has 1 heterocycles. The SMILES string of the molecule is COCC(O)CCNC(=O)c1ccoc1Br. The smallest absolute Gasteiger partial charge is 0.255 e. The Morgan fingerprint density at radius 3 is 3.06 bits per heavy atom. The zero-order valence-electron chi connectivity index (χ0n) is 8.90. The molecule has 0 saturated carbocycles. The summed E-state index contributed by atoms with van der Waals surface area (Å²) in [5, 5.41) is 12.0. The molecule has 0 aliphatic rings. The summed E-state index contributed by atoms with van der Waals surface area (Å²) in [7, 11) is 1.52. The van der Waals surface area contributed by atoms with Crippen molar-refractivity contribution in [2.75, 3.05) is 20.3 Å². The van der Waals surface area contributed by atoms with Crippen LogP contribution in [-0.4, -0.2) is 37.4 Å². The van der Waals surface area contributed by atoms with Gasteiger partial charge in [0.2, 0.25) is 0 Å². The van der Waals surface area contributed by atoms with E-state index in [2.05, 4.69) is 21.2 Å². The van der Waals surface area contributed by atoms with Gasteiger partial charge in [0, 0.05) is 13.7 Å². The zero-order chi connectivity index (χ0) is 12.0. The van der Waals surface area contributed by atoms with Gasteiger partial charge in [-0.25, -0.2) is 0 Å². The second-order valence-corrected chi connectivity index (χ2v) is 3.98. The van der Waals surface area contributed by atoms with Gasteiger partial charge in [-0.1, -0.05) is 0 Å². The summed E-state index contributed by atoms with van der Waals surface area (Å²) in [4.78, 5) is 11.6. The van der Waals surface area contributed by atoms with Crippen LogP contribution in [0.25, 0.3) is 0 Å². The highest BCUT2D eigenvalue weighted by molar-refractivity contribution is 9.10. The molecule has 2 N–H and O–H groups in total. The number of aliphatic hydroxyl groups is 1. The fourth-order valence-corrected chi connectivity index (χ4v) is 1.60. The fourth-order valence-electron chi connectivity index (χ4n) is 1.18. The predicted molar refractivity (Wildman–Crippen MR) is 61.2 cm³/mol. The third kappa shape index (κ3) is 3.96. The highest BCUT2D eigenvalue weighted by atomic mass is 79.9. The molecule has 1 rings (SSSR count). The first-order valence-corrected chi connectivity index (χ1v) is 5.62. The fraction of sp³-hybridized carbons (Fsp3) is 0.500. The van der Waals surface area contributed by atoms with Crippen molar-refractivity contribution in [2.45, 2.75) is 12.5 Å². The largest absolute Gasteiger partial charge is 0.457 e. The van der Waals surface area contributed by atoms with Crippen LogP contribution < -0.4 is 5.32 Å². The first-order valence-electron chi connectivity index (χ1n) is 4.83. The van der Waals surface area contributed by atoms with Crippen LogP contribution in [0.4, 0.5) is 0 Å². The Kier molecular flexibility index (Phi) is 5.51. The number of nitrogens with one attached hydrogen (secondary N) is 1. The van der Waals surface area contributed by atoms with Crippen LogP contribution >= 0.6 is 15.9 Å². The van der Waals surface area contributed by atoms with Crippen LogP contribution in [0, 0.1) is 0 Å². The van der Waals surface area contributed by atoms with Crippen molar-refractivity contribution in [1.29, 1.82) is 0 Å². The lowest BCUT2D eigenvalue weighted by molar-refractivity contribution is 0.0587. The molecule has 1 aromatic heterocycles. The van der Waals surface area contributed by atoms with Gasteiger partial charge >= 0.3 is 0 Å². The molecule has 0 bridgehead atoms. The van der Waals surface area contributed by atoms with Crippen molar-refractivity contribution in [3.63, 3.8) is 0 Å². The summed E-state index contributed by atoms with van der Waals surface area (Å²) in [6.45, 7) is 0.659. The normalized spacial score (nSPS) is 12.4. The average molecular weight is 292 g/mol. The minimum atomic E-state index is -0.557. The van der Waals surface area contributed by atoms with E-state index in [9.17, 15) is 9.90 Å². The number of hydrogen-bond donors (Lipinski definition) is 2. The summed E-state index contributed by atoms with van der Waals surface area (Å²) in [6.07, 6.45) is 1.33. The van der Waals surface area contributed by atoms with Gasteiger partial charge in [0.25, 0.3) is 5.91 Å². The number of aliphatic hydroxyl groups excluding tert-OH is 1. The third-order valence-electron chi connectivity index (χ3n) is 1.98. The molecule has 1 unspecified atom stereocenters. The van der Waals surface area contributed by atoms with Gasteiger partial charge < -0.3 is 19.6 Å². The molecule has 0 saturated heterocycles. The monoisotopic (exact) mass is 291 g/mol. The Morgan fingerprint density at radius 2 is 2.50 bits per heavy atom. The van der Waals surface area contributed by atoms with Crippen LogP contribution in [0.5, 0.6) is 0 Å². The van der Waals surface area contributed by atoms with E-state index in [1.165, 1.54) is 13.4 Å². The molecule has 90 valence electrons. The predicted octanol–water partition coefficient (Wildman–Crippen LogP) is 1.17. The van der Waals surface area contributed by atoms with E-state index in [1.807, 2.05) is 0 Å². The van der Waals surface area contributed by atoms with Crippen molar-refractivity contribution in [3.8, 4) is 0 Å². The molecular weight excluding hydrogens is 278 g/mol. The molecule has 16 heavy (non-hydrogen) atoms. The second kappa shape index (κ2) is 6.67. The minimum Gasteiger partial charge on any atom is -0.457 e. The number of methoxy groups -OCH3 is 1. The Labute approximate surface area is 102 Å². The second-order valence-electron chi connectivity index (χ2n) is 3.26. The standard InChI is InChI=1S/C10H14BrNO4/c1-15-6-7(13)2-4-12-10(14)8-3-5-16-9(8)11/h3,5,7,13H,2,4,6H2,1H3,(H,12,14). The minimum absolute atomic E-state index is 0.231. The van der Waals surface area contributed by atoms with Crippen LogP contribution in [0.3, 0.4) is 0 Å². The van der Waals surface area contributed by atoms with E-state index in [1.54, 1.807) is 6.07 Å². The average Bonchev–Trinajstić information content (AvgIpc) is 2.64. The van der Waals surface area contributed by atoms with Crippen LogP contribution in [0.2, 0.25) is 0 Å². The molecular formula is C10H14BrNO4. The lowest BCUT2D eigenvalue weighted by atomic mass is 10.2. The summed E-state index contributed by atoms with van der Waals surface area (Å²) in [5.41, 5.74) is 0.446. The number of carbonyl (C=O) groups is 1. The Balaban J connectivity index is 2.29. The van der Waals surface area contributed by atoms with Crippen LogP contribution in [-0.2, 0) is 4.74 Å². The Morgan fingerprint density at radius 1 is 1.75 bits per heavy atom. The molecule has 0 aromatic carbocycles. The van der Waals surface area contributed by atoms with E-state index in [-0.39, 0.29) is 12.5 Å². The summed E-state index contributed by atoms with van der Waals surface area (Å²) in [5.74, 6) is -0.231. The number of rotatable bonds is 6. The highest BCUT2D eigenvalue weighted by Gasteiger charge is 2.12. The van der Waals surface area contributed by atoms with Gasteiger partial charge in [-0.3, -0.25) is 4.79 Å². The summed E-state index contributed by atoms with van der Waals surface area (Å²) >= 11 is 3.12. The zero-order valence-corrected chi connectivity index (χ0v) is 10.5. The third-order valence-corrected chi connectivity index (χ3v) is 2.60. The first kappa shape index (κ1) is 13.2. The lowest BCUT2D eigenvalue weighted by Gasteiger charge is -2.09. The number of ether oxygens (including phenoxy) is 1. The maximum atomic E-state index is 11.6. The van der Waals surface area contributed by atoms with Crippen LogP contribution in [0.1, 0.15) is 16.8 Å². The molecule has 6 heteroatoms. The van der Waals surface area contributed by atoms with Gasteiger partial charge in [-0.05, 0) is 28.4 Å². The molecule has 0 aliphatic carbocycles. The maximum Gasteiger partial charge on any atom is 0.255 e. The number of furan rings is 1. The van der Waals surface area contributed by atoms with E-state index < -0.39 is 6.10 Å². The van der Waals surface area contributed by atoms with Crippen LogP contribution in [0.15, 0.2) is 21.4 Å². The van der Waals surface area contributed by atoms with E-state index >= 15 is 0 Å². The number of hydrogen-bond acceptors (Lipinski definition) is 4. The van der Waals surface area contributed by atoms with E-state index in [0.29, 0.717) is 23.2 Å². The molecule has 1 atom stereocenters. The molecule has 0 radical (unpaired) electrons. The van der Waals surface area contributed by atoms with Gasteiger partial charge in [-0.15, -0.1) is 0 Å². The van der Waals surface area contributed by atoms with Crippen molar-refractivity contribution in [3.05, 3.63) is 22.6 Å². The van der Waals surface area contributed by atoms with E-state index in [4.69, 9.17) is 9.15 Å². The van der Waals surface area contributed by atoms with E-state index in [0.717, 1.165) is 0 Å². The topological polar surface area (TPSA) is 71.7 Å². The number of amides is 1. The van der Waals surface area contributed by atoms with Gasteiger partial charge in [0.1, 0.15) is 0 Å². The van der Waals surface area contributed by atoms with Gasteiger partial charge in [0.05, 0.1) is 24.5 Å². The van der Waals surface area contributed by atoms with Gasteiger partial charge in [-0.2, -0.15) is 0 Å². The van der Waals surface area contributed by atoms with Crippen molar-refractivity contribution in [2.24, 2.45) is 0 Å². The number of halogens is 1.